The summed E-state index contributed by atoms with van der Waals surface area (Å²) in [5.74, 6) is -3.18. The van der Waals surface area contributed by atoms with Gasteiger partial charge in [0.2, 0.25) is 0 Å². The second-order valence-corrected chi connectivity index (χ2v) is 8.80. The molecule has 1 heterocycles. The third-order valence-electron chi connectivity index (χ3n) is 6.09. The van der Waals surface area contributed by atoms with Gasteiger partial charge >= 0.3 is 11.7 Å². The number of aliphatic hydroxyl groups excluding tert-OH is 1. The number of rotatable bonds is 9. The summed E-state index contributed by atoms with van der Waals surface area (Å²) >= 11 is 5.94. The van der Waals surface area contributed by atoms with Crippen LogP contribution in [0.2, 0.25) is 5.02 Å². The van der Waals surface area contributed by atoms with E-state index in [4.69, 9.17) is 16.0 Å². The van der Waals surface area contributed by atoms with E-state index >= 15 is 0 Å². The van der Waals surface area contributed by atoms with Crippen molar-refractivity contribution in [1.29, 1.82) is 0 Å². The van der Waals surface area contributed by atoms with E-state index in [9.17, 15) is 24.6 Å². The second kappa shape index (κ2) is 10.7. The molecule has 0 amide bonds. The maximum atomic E-state index is 12.6. The fraction of sp³-hybridized carbons (Fsp3) is 0.222. The average molecular weight is 494 g/mol. The highest BCUT2D eigenvalue weighted by molar-refractivity contribution is 6.30. The first-order valence-corrected chi connectivity index (χ1v) is 11.6. The number of hydrogen-bond acceptors (Lipinski definition) is 5. The molecule has 2 N–H and O–H groups in total. The topological polar surface area (TPSA) is 110 Å². The quantitative estimate of drug-likeness (QED) is 0.358. The molecule has 8 heteroatoms. The first-order chi connectivity index (χ1) is 16.8. The van der Waals surface area contributed by atoms with E-state index in [1.807, 2.05) is 48.5 Å². The molecule has 0 saturated carbocycles. The number of aryl methyl sites for hydroxylation is 1. The predicted molar refractivity (Wildman–Crippen MR) is 134 cm³/mol. The molecule has 3 aromatic carbocycles. The maximum absolute atomic E-state index is 12.6. The van der Waals surface area contributed by atoms with Crippen molar-refractivity contribution in [1.82, 2.24) is 4.57 Å². The van der Waals surface area contributed by atoms with Gasteiger partial charge in [0.05, 0.1) is 17.4 Å². The lowest BCUT2D eigenvalue weighted by atomic mass is 9.93. The van der Waals surface area contributed by atoms with Crippen molar-refractivity contribution in [3.05, 3.63) is 104 Å². The van der Waals surface area contributed by atoms with Gasteiger partial charge in [-0.15, -0.1) is 0 Å². The van der Waals surface area contributed by atoms with E-state index in [0.29, 0.717) is 11.4 Å². The molecule has 0 spiro atoms. The number of carboxylic acid groups (broad SMARTS) is 1. The molecule has 1 aromatic heterocycles. The summed E-state index contributed by atoms with van der Waals surface area (Å²) in [5, 5.41) is 21.2. The van der Waals surface area contributed by atoms with Gasteiger partial charge in [0.25, 0.3) is 5.56 Å². The standard InChI is InChI=1S/C27H24ClNO6/c28-20-12-10-19(11-13-20)18-8-5-17(6-9-18)7-14-23(30)21(26(32)33)15-16-29-25(31)22-3-1-2-4-24(22)35-27(29)34/h1-6,8-13,21,23,30H,7,14-16H2,(H,32,33)/t21-,23+/m0/s1. The van der Waals surface area contributed by atoms with Gasteiger partial charge in [0, 0.05) is 11.6 Å². The van der Waals surface area contributed by atoms with Crippen LogP contribution in [0.4, 0.5) is 0 Å². The molecular formula is C27H24ClNO6. The number of hydrogen-bond donors (Lipinski definition) is 2. The number of para-hydroxylation sites is 1. The zero-order chi connectivity index (χ0) is 24.9. The van der Waals surface area contributed by atoms with Gasteiger partial charge in [0.15, 0.2) is 0 Å². The molecule has 0 saturated heterocycles. The number of aliphatic hydroxyl groups is 1. The lowest BCUT2D eigenvalue weighted by Crippen LogP contribution is -2.36. The Morgan fingerprint density at radius 3 is 2.20 bits per heavy atom. The Bertz CT molecular complexity index is 1440. The number of aromatic nitrogens is 1. The lowest BCUT2D eigenvalue weighted by Gasteiger charge is -2.19. The van der Waals surface area contributed by atoms with Crippen LogP contribution in [0.25, 0.3) is 22.1 Å². The molecule has 4 rings (SSSR count). The SMILES string of the molecule is O=C(O)[C@@H](CCn1c(=O)oc2ccccc2c1=O)[C@H](O)CCc1ccc(-c2ccc(Cl)cc2)cc1. The van der Waals surface area contributed by atoms with Crippen LogP contribution in [0, 0.1) is 5.92 Å². The first kappa shape index (κ1) is 24.4. The van der Waals surface area contributed by atoms with Crippen LogP contribution >= 0.6 is 11.6 Å². The summed E-state index contributed by atoms with van der Waals surface area (Å²) in [4.78, 5) is 36.7. The monoisotopic (exact) mass is 493 g/mol. The largest absolute Gasteiger partial charge is 0.481 e. The van der Waals surface area contributed by atoms with Crippen molar-refractivity contribution >= 4 is 28.5 Å². The Balaban J connectivity index is 1.40. The Kier molecular flexibility index (Phi) is 7.48. The van der Waals surface area contributed by atoms with Crippen LogP contribution in [0.15, 0.2) is 86.8 Å². The summed E-state index contributed by atoms with van der Waals surface area (Å²) in [7, 11) is 0. The maximum Gasteiger partial charge on any atom is 0.422 e. The highest BCUT2D eigenvalue weighted by atomic mass is 35.5. The average Bonchev–Trinajstić information content (AvgIpc) is 2.85. The van der Waals surface area contributed by atoms with E-state index in [0.717, 1.165) is 21.3 Å². The molecule has 0 aliphatic rings. The minimum absolute atomic E-state index is 0.0883. The van der Waals surface area contributed by atoms with Gasteiger partial charge in [-0.1, -0.05) is 60.1 Å². The van der Waals surface area contributed by atoms with E-state index in [-0.39, 0.29) is 30.4 Å². The molecule has 0 aliphatic carbocycles. The van der Waals surface area contributed by atoms with Crippen LogP contribution in [-0.2, 0) is 17.8 Å². The minimum Gasteiger partial charge on any atom is -0.481 e. The lowest BCUT2D eigenvalue weighted by molar-refractivity contribution is -0.146. The number of carbonyl (C=O) groups is 1. The Morgan fingerprint density at radius 2 is 1.54 bits per heavy atom. The highest BCUT2D eigenvalue weighted by Gasteiger charge is 2.27. The van der Waals surface area contributed by atoms with Crippen molar-refractivity contribution in [2.24, 2.45) is 5.92 Å². The molecule has 0 bridgehead atoms. The van der Waals surface area contributed by atoms with Gasteiger partial charge < -0.3 is 14.6 Å². The predicted octanol–water partition coefficient (Wildman–Crippen LogP) is 4.36. The molecule has 2 atom stereocenters. The fourth-order valence-electron chi connectivity index (χ4n) is 4.07. The number of benzene rings is 3. The third kappa shape index (κ3) is 5.70. The Morgan fingerprint density at radius 1 is 0.914 bits per heavy atom. The smallest absolute Gasteiger partial charge is 0.422 e. The van der Waals surface area contributed by atoms with Crippen molar-refractivity contribution in [2.45, 2.75) is 31.9 Å². The Labute approximate surface area is 205 Å². The van der Waals surface area contributed by atoms with Crippen LogP contribution < -0.4 is 11.3 Å². The summed E-state index contributed by atoms with van der Waals surface area (Å²) in [6.45, 7) is -0.171. The Hall–Kier alpha value is -3.68. The number of aliphatic carboxylic acids is 1. The minimum atomic E-state index is -1.19. The van der Waals surface area contributed by atoms with E-state index in [2.05, 4.69) is 0 Å². The van der Waals surface area contributed by atoms with Crippen molar-refractivity contribution < 1.29 is 19.4 Å². The van der Waals surface area contributed by atoms with E-state index in [1.165, 1.54) is 6.07 Å². The van der Waals surface area contributed by atoms with Crippen LogP contribution in [0.1, 0.15) is 18.4 Å². The number of halogens is 1. The first-order valence-electron chi connectivity index (χ1n) is 11.2. The highest BCUT2D eigenvalue weighted by Crippen LogP contribution is 2.23. The molecule has 7 nitrogen and oxygen atoms in total. The summed E-state index contributed by atoms with van der Waals surface area (Å²) in [6.07, 6.45) is -0.538. The van der Waals surface area contributed by atoms with Gasteiger partial charge in [-0.2, -0.15) is 0 Å². The third-order valence-corrected chi connectivity index (χ3v) is 6.34. The summed E-state index contributed by atoms with van der Waals surface area (Å²) in [6, 6.07) is 21.7. The van der Waals surface area contributed by atoms with Crippen LogP contribution in [-0.4, -0.2) is 26.9 Å². The van der Waals surface area contributed by atoms with E-state index in [1.54, 1.807) is 18.2 Å². The van der Waals surface area contributed by atoms with Gasteiger partial charge in [-0.05, 0) is 60.2 Å². The molecule has 0 fully saturated rings. The van der Waals surface area contributed by atoms with Crippen molar-refractivity contribution in [2.75, 3.05) is 0 Å². The van der Waals surface area contributed by atoms with Gasteiger partial charge in [-0.25, -0.2) is 9.36 Å². The molecular weight excluding hydrogens is 470 g/mol. The fourth-order valence-corrected chi connectivity index (χ4v) is 4.20. The molecule has 0 aliphatic heterocycles. The normalized spacial score (nSPS) is 13.0. The number of carboxylic acids is 1. The zero-order valence-corrected chi connectivity index (χ0v) is 19.5. The zero-order valence-electron chi connectivity index (χ0n) is 18.8. The van der Waals surface area contributed by atoms with Gasteiger partial charge in [0.1, 0.15) is 5.58 Å². The van der Waals surface area contributed by atoms with Crippen LogP contribution in [0.3, 0.4) is 0 Å². The molecule has 35 heavy (non-hydrogen) atoms. The van der Waals surface area contributed by atoms with Crippen molar-refractivity contribution in [3.8, 4) is 11.1 Å². The molecule has 4 aromatic rings. The molecule has 0 unspecified atom stereocenters. The van der Waals surface area contributed by atoms with E-state index < -0.39 is 29.3 Å². The summed E-state index contributed by atoms with van der Waals surface area (Å²) < 4.78 is 6.05. The molecule has 180 valence electrons. The van der Waals surface area contributed by atoms with Gasteiger partial charge in [-0.3, -0.25) is 9.59 Å². The number of nitrogens with zero attached hydrogens (tertiary/aromatic N) is 1. The van der Waals surface area contributed by atoms with Crippen molar-refractivity contribution in [3.63, 3.8) is 0 Å². The second-order valence-electron chi connectivity index (χ2n) is 8.36. The number of fused-ring (bicyclic) bond motifs is 1. The molecule has 0 radical (unpaired) electrons. The summed E-state index contributed by atoms with van der Waals surface area (Å²) in [5.41, 5.74) is 2.64. The van der Waals surface area contributed by atoms with Crippen LogP contribution in [0.5, 0.6) is 0 Å².